The Morgan fingerprint density at radius 3 is 2.26 bits per heavy atom. The van der Waals surface area contributed by atoms with Gasteiger partial charge in [0, 0.05) is 0 Å². The summed E-state index contributed by atoms with van der Waals surface area (Å²) in [5.74, 6) is -1.86. The van der Waals surface area contributed by atoms with Gasteiger partial charge in [-0.2, -0.15) is 0 Å². The van der Waals surface area contributed by atoms with Crippen LogP contribution in [0.4, 0.5) is 10.1 Å². The molecule has 3 amide bonds. The number of amides is 3. The predicted octanol–water partition coefficient (Wildman–Crippen LogP) is 2.42. The third-order valence-corrected chi connectivity index (χ3v) is 5.33. The molecule has 1 aromatic rings. The van der Waals surface area contributed by atoms with Crippen molar-refractivity contribution in [2.75, 3.05) is 11.9 Å². The number of carbonyl (C=O) groups is 3. The van der Waals surface area contributed by atoms with Crippen molar-refractivity contribution in [2.45, 2.75) is 37.2 Å². The molecule has 1 N–H and O–H groups in total. The summed E-state index contributed by atoms with van der Waals surface area (Å²) in [5, 5.41) is 1.76. The van der Waals surface area contributed by atoms with E-state index in [2.05, 4.69) is 5.32 Å². The largest absolute Gasteiger partial charge is 0.322 e. The van der Waals surface area contributed by atoms with Crippen molar-refractivity contribution < 1.29 is 18.8 Å². The van der Waals surface area contributed by atoms with Crippen LogP contribution in [-0.2, 0) is 14.4 Å². The lowest BCUT2D eigenvalue weighted by molar-refractivity contribution is -0.147. The molecule has 0 saturated carbocycles. The summed E-state index contributed by atoms with van der Waals surface area (Å²) in [4.78, 5) is 37.7. The van der Waals surface area contributed by atoms with Crippen LogP contribution in [0.5, 0.6) is 0 Å². The molecule has 124 valence electrons. The van der Waals surface area contributed by atoms with Gasteiger partial charge in [0.15, 0.2) is 0 Å². The van der Waals surface area contributed by atoms with E-state index in [1.807, 2.05) is 13.8 Å². The Morgan fingerprint density at radius 2 is 1.74 bits per heavy atom. The van der Waals surface area contributed by atoms with E-state index in [9.17, 15) is 18.8 Å². The van der Waals surface area contributed by atoms with Gasteiger partial charge in [0.1, 0.15) is 12.4 Å². The minimum atomic E-state index is -0.589. The molecular formula is C16H19FN2O3S. The fourth-order valence-corrected chi connectivity index (χ4v) is 3.63. The lowest BCUT2D eigenvalue weighted by atomic mass is 10.2. The van der Waals surface area contributed by atoms with Crippen LogP contribution in [0.3, 0.4) is 0 Å². The van der Waals surface area contributed by atoms with E-state index >= 15 is 0 Å². The number of imide groups is 1. The lowest BCUT2D eigenvalue weighted by Gasteiger charge is -2.34. The molecule has 2 rings (SSSR count). The Morgan fingerprint density at radius 1 is 1.17 bits per heavy atom. The van der Waals surface area contributed by atoms with Crippen molar-refractivity contribution in [1.29, 1.82) is 0 Å². The van der Waals surface area contributed by atoms with Gasteiger partial charge in [-0.3, -0.25) is 19.3 Å². The summed E-state index contributed by atoms with van der Waals surface area (Å²) < 4.78 is 13.5. The topological polar surface area (TPSA) is 66.5 Å². The van der Waals surface area contributed by atoms with Gasteiger partial charge in [-0.05, 0) is 25.0 Å². The van der Waals surface area contributed by atoms with E-state index in [0.717, 1.165) is 4.90 Å². The third kappa shape index (κ3) is 3.90. The Bertz CT molecular complexity index is 601. The molecule has 1 aliphatic rings. The minimum absolute atomic E-state index is 0.0304. The predicted molar refractivity (Wildman–Crippen MR) is 87.5 cm³/mol. The highest BCUT2D eigenvalue weighted by Crippen LogP contribution is 2.31. The van der Waals surface area contributed by atoms with Crippen LogP contribution in [0.1, 0.15) is 26.7 Å². The fraction of sp³-hybridized carbons (Fsp3) is 0.438. The molecule has 1 saturated heterocycles. The van der Waals surface area contributed by atoms with Gasteiger partial charge in [0.2, 0.25) is 17.7 Å². The van der Waals surface area contributed by atoms with Crippen LogP contribution < -0.4 is 5.32 Å². The highest BCUT2D eigenvalue weighted by atomic mass is 32.2. The highest BCUT2D eigenvalue weighted by Gasteiger charge is 2.40. The molecular weight excluding hydrogens is 319 g/mol. The standard InChI is InChI=1S/C16H19FN2O3S/c1-3-12-15(21)19(16(22)13(4-2)23-12)9-14(20)18-11-8-6-5-7-10(11)17/h5-8,12-13H,3-4,9H2,1-2H3,(H,18,20)/t12-,13-/m1/s1. The molecule has 0 aliphatic carbocycles. The molecule has 1 aliphatic heterocycles. The molecule has 0 bridgehead atoms. The number of anilines is 1. The number of carbonyl (C=O) groups excluding carboxylic acids is 3. The normalized spacial score (nSPS) is 21.4. The second-order valence-electron chi connectivity index (χ2n) is 5.22. The monoisotopic (exact) mass is 338 g/mol. The van der Waals surface area contributed by atoms with E-state index in [0.29, 0.717) is 12.8 Å². The summed E-state index contributed by atoms with van der Waals surface area (Å²) >= 11 is 1.35. The van der Waals surface area contributed by atoms with Crippen molar-refractivity contribution in [3.63, 3.8) is 0 Å². The van der Waals surface area contributed by atoms with Gasteiger partial charge in [-0.1, -0.05) is 26.0 Å². The zero-order valence-electron chi connectivity index (χ0n) is 13.0. The number of halogens is 1. The average molecular weight is 338 g/mol. The van der Waals surface area contributed by atoms with Crippen molar-refractivity contribution >= 4 is 35.2 Å². The first kappa shape index (κ1) is 17.5. The molecule has 1 heterocycles. The van der Waals surface area contributed by atoms with Crippen LogP contribution in [-0.4, -0.2) is 39.7 Å². The summed E-state index contributed by atoms with van der Waals surface area (Å²) in [6, 6.07) is 5.75. The van der Waals surface area contributed by atoms with Crippen molar-refractivity contribution in [3.05, 3.63) is 30.1 Å². The SMILES string of the molecule is CC[C@H]1S[C@H](CC)C(=O)N(CC(=O)Nc2ccccc2F)C1=O. The number of rotatable bonds is 5. The van der Waals surface area contributed by atoms with Crippen LogP contribution in [0, 0.1) is 5.82 Å². The van der Waals surface area contributed by atoms with Gasteiger partial charge in [-0.15, -0.1) is 11.8 Å². The number of para-hydroxylation sites is 1. The second-order valence-corrected chi connectivity index (χ2v) is 6.63. The Kier molecular flexibility index (Phi) is 5.76. The van der Waals surface area contributed by atoms with E-state index in [4.69, 9.17) is 0 Å². The van der Waals surface area contributed by atoms with Crippen molar-refractivity contribution in [2.24, 2.45) is 0 Å². The van der Waals surface area contributed by atoms with E-state index in [-0.39, 0.29) is 34.5 Å². The Hall–Kier alpha value is -1.89. The van der Waals surface area contributed by atoms with E-state index < -0.39 is 11.7 Å². The first-order valence-corrected chi connectivity index (χ1v) is 8.47. The molecule has 0 spiro atoms. The molecule has 5 nitrogen and oxygen atoms in total. The van der Waals surface area contributed by atoms with Crippen LogP contribution >= 0.6 is 11.8 Å². The van der Waals surface area contributed by atoms with Gasteiger partial charge in [0.05, 0.1) is 16.2 Å². The third-order valence-electron chi connectivity index (χ3n) is 3.60. The number of hydrogen-bond acceptors (Lipinski definition) is 4. The fourth-order valence-electron chi connectivity index (χ4n) is 2.36. The number of nitrogens with one attached hydrogen (secondary N) is 1. The Balaban J connectivity index is 2.10. The first-order valence-electron chi connectivity index (χ1n) is 7.53. The molecule has 7 heteroatoms. The lowest BCUT2D eigenvalue weighted by Crippen LogP contribution is -2.53. The quantitative estimate of drug-likeness (QED) is 0.838. The maximum Gasteiger partial charge on any atom is 0.244 e. The van der Waals surface area contributed by atoms with Gasteiger partial charge >= 0.3 is 0 Å². The number of benzene rings is 1. The molecule has 23 heavy (non-hydrogen) atoms. The first-order chi connectivity index (χ1) is 11.0. The summed E-state index contributed by atoms with van der Waals surface area (Å²) in [6.07, 6.45) is 1.19. The van der Waals surface area contributed by atoms with Gasteiger partial charge in [0.25, 0.3) is 0 Å². The average Bonchev–Trinajstić information content (AvgIpc) is 2.54. The summed E-state index contributed by atoms with van der Waals surface area (Å²) in [7, 11) is 0. The number of nitrogens with zero attached hydrogens (tertiary/aromatic N) is 1. The zero-order chi connectivity index (χ0) is 17.0. The molecule has 1 fully saturated rings. The smallest absolute Gasteiger partial charge is 0.244 e. The minimum Gasteiger partial charge on any atom is -0.322 e. The molecule has 0 aromatic heterocycles. The van der Waals surface area contributed by atoms with Crippen LogP contribution in [0.25, 0.3) is 0 Å². The maximum atomic E-state index is 13.5. The molecule has 2 atom stereocenters. The molecule has 0 radical (unpaired) electrons. The Labute approximate surface area is 138 Å². The molecule has 0 unspecified atom stereocenters. The summed E-state index contributed by atoms with van der Waals surface area (Å²) in [6.45, 7) is 3.35. The van der Waals surface area contributed by atoms with Gasteiger partial charge < -0.3 is 5.32 Å². The van der Waals surface area contributed by atoms with E-state index in [1.54, 1.807) is 6.07 Å². The van der Waals surface area contributed by atoms with Crippen LogP contribution in [0.2, 0.25) is 0 Å². The summed E-state index contributed by atoms with van der Waals surface area (Å²) in [5.41, 5.74) is 0.0304. The number of hydrogen-bond donors (Lipinski definition) is 1. The molecule has 1 aromatic carbocycles. The zero-order valence-corrected chi connectivity index (χ0v) is 13.9. The van der Waals surface area contributed by atoms with E-state index in [1.165, 1.54) is 30.0 Å². The van der Waals surface area contributed by atoms with Crippen LogP contribution in [0.15, 0.2) is 24.3 Å². The van der Waals surface area contributed by atoms with Gasteiger partial charge in [-0.25, -0.2) is 4.39 Å². The highest BCUT2D eigenvalue weighted by molar-refractivity contribution is 8.02. The van der Waals surface area contributed by atoms with Crippen molar-refractivity contribution in [1.82, 2.24) is 4.90 Å². The maximum absolute atomic E-state index is 13.5. The van der Waals surface area contributed by atoms with Crippen molar-refractivity contribution in [3.8, 4) is 0 Å². The number of thioether (sulfide) groups is 1. The second kappa shape index (κ2) is 7.59.